The zero-order chi connectivity index (χ0) is 17.2. The van der Waals surface area contributed by atoms with Crippen LogP contribution in [0.4, 0.5) is 0 Å². The predicted octanol–water partition coefficient (Wildman–Crippen LogP) is 1.44. The molecule has 0 atom stereocenters. The Labute approximate surface area is 147 Å². The predicted molar refractivity (Wildman–Crippen MR) is 83.6 cm³/mol. The fourth-order valence-corrected chi connectivity index (χ4v) is 2.76. The van der Waals surface area contributed by atoms with Crippen LogP contribution >= 0.6 is 0 Å². The number of allylic oxidation sites excluding steroid dienone is 8. The summed E-state index contributed by atoms with van der Waals surface area (Å²) < 4.78 is 1.24. The van der Waals surface area contributed by atoms with Crippen molar-refractivity contribution in [3.05, 3.63) is 47.6 Å². The van der Waals surface area contributed by atoms with Crippen LogP contribution in [-0.4, -0.2) is 19.8 Å². The second-order valence-electron chi connectivity index (χ2n) is 4.37. The fourth-order valence-electron chi connectivity index (χ4n) is 1.94. The molecule has 0 unspecified atom stereocenters. The van der Waals surface area contributed by atoms with Gasteiger partial charge in [0, 0.05) is 0 Å². The van der Waals surface area contributed by atoms with Gasteiger partial charge in [0.05, 0.1) is 0 Å². The van der Waals surface area contributed by atoms with E-state index in [-0.39, 0.29) is 19.8 Å². The van der Waals surface area contributed by atoms with Gasteiger partial charge in [0.2, 0.25) is 0 Å². The average Bonchev–Trinajstić information content (AvgIpc) is 3.16. The van der Waals surface area contributed by atoms with Crippen molar-refractivity contribution in [3.8, 4) is 0 Å². The minimum absolute atomic E-state index is 0. The molecule has 0 bridgehead atoms. The number of hydrogen-bond acceptors (Lipinski definition) is 3. The fraction of sp³-hybridized carbons (Fsp3) is 0.556. The third-order valence-electron chi connectivity index (χ3n) is 2.70. The van der Waals surface area contributed by atoms with Crippen molar-refractivity contribution in [2.75, 3.05) is 19.8 Å². The van der Waals surface area contributed by atoms with Gasteiger partial charge in [0.15, 0.2) is 0 Å². The van der Waals surface area contributed by atoms with Gasteiger partial charge in [-0.2, -0.15) is 0 Å². The molecular weight excluding hydrogens is 312 g/mol. The maximum absolute atomic E-state index is 8.93. The summed E-state index contributed by atoms with van der Waals surface area (Å²) in [5.41, 5.74) is 3.19. The van der Waals surface area contributed by atoms with E-state index < -0.39 is 0 Å². The monoisotopic (exact) mass is 340 g/mol. The molecule has 2 aliphatic carbocycles. The molecule has 0 spiro atoms. The van der Waals surface area contributed by atoms with Gasteiger partial charge >= 0.3 is 91.5 Å². The van der Waals surface area contributed by atoms with Crippen LogP contribution in [0, 0.1) is 5.92 Å². The summed E-state index contributed by atoms with van der Waals surface area (Å²) in [5, 5.41) is 26.8. The summed E-state index contributed by atoms with van der Waals surface area (Å²) in [6, 6.07) is 0. The van der Waals surface area contributed by atoms with Gasteiger partial charge in [0.1, 0.15) is 0 Å². The van der Waals surface area contributed by atoms with Crippen molar-refractivity contribution < 1.29 is 35.8 Å². The first-order valence-corrected chi connectivity index (χ1v) is 8.86. The Balaban J connectivity index is 0. The van der Waals surface area contributed by atoms with E-state index in [9.17, 15) is 0 Å². The third-order valence-corrected chi connectivity index (χ3v) is 3.34. The van der Waals surface area contributed by atoms with E-state index in [1.807, 2.05) is 0 Å². The van der Waals surface area contributed by atoms with E-state index >= 15 is 0 Å². The van der Waals surface area contributed by atoms with E-state index in [0.29, 0.717) is 5.92 Å². The molecule has 0 heterocycles. The van der Waals surface area contributed by atoms with Gasteiger partial charge in [-0.25, -0.2) is 0 Å². The van der Waals surface area contributed by atoms with Crippen molar-refractivity contribution >= 4 is 0 Å². The summed E-state index contributed by atoms with van der Waals surface area (Å²) in [6.45, 7) is 4.71. The molecule has 3 nitrogen and oxygen atoms in total. The van der Waals surface area contributed by atoms with E-state index in [1.54, 1.807) is 31.9 Å². The van der Waals surface area contributed by atoms with Gasteiger partial charge in [-0.3, -0.25) is 0 Å². The molecular formula is C18H28O3Ti. The average molecular weight is 340 g/mol. The van der Waals surface area contributed by atoms with Crippen LogP contribution in [0.15, 0.2) is 47.6 Å². The van der Waals surface area contributed by atoms with Crippen LogP contribution < -0.4 is 15.3 Å². The first-order chi connectivity index (χ1) is 10.7. The molecule has 0 saturated heterocycles. The maximum atomic E-state index is 8.93. The summed E-state index contributed by atoms with van der Waals surface area (Å²) in [5.74, 6) is 0.699. The van der Waals surface area contributed by atoms with Crippen molar-refractivity contribution in [1.82, 2.24) is 0 Å². The molecule has 0 N–H and O–H groups in total. The van der Waals surface area contributed by atoms with Gasteiger partial charge in [0.25, 0.3) is 0 Å². The Kier molecular flexibility index (Phi) is 20.1. The Bertz CT molecular complexity index is 323. The summed E-state index contributed by atoms with van der Waals surface area (Å²) in [4.78, 5) is 0. The molecule has 0 aromatic carbocycles. The van der Waals surface area contributed by atoms with Crippen LogP contribution in [0.3, 0.4) is 0 Å². The van der Waals surface area contributed by atoms with Gasteiger partial charge in [-0.1, -0.05) is 20.8 Å². The van der Waals surface area contributed by atoms with Crippen molar-refractivity contribution in [2.24, 2.45) is 5.92 Å². The second kappa shape index (κ2) is 18.6. The van der Waals surface area contributed by atoms with Crippen molar-refractivity contribution in [3.63, 3.8) is 0 Å². The molecule has 4 heteroatoms. The topological polar surface area (TPSA) is 69.2 Å². The van der Waals surface area contributed by atoms with Crippen LogP contribution in [0.5, 0.6) is 0 Å². The molecule has 0 radical (unpaired) electrons. The van der Waals surface area contributed by atoms with Crippen LogP contribution in [0.2, 0.25) is 4.73 Å². The minimum atomic E-state index is 0. The van der Waals surface area contributed by atoms with Crippen LogP contribution in [0.1, 0.15) is 33.6 Å². The quantitative estimate of drug-likeness (QED) is 0.730. The van der Waals surface area contributed by atoms with Gasteiger partial charge < -0.3 is 15.3 Å². The first-order valence-electron chi connectivity index (χ1n) is 7.76. The molecule has 2 rings (SSSR count). The molecule has 122 valence electrons. The van der Waals surface area contributed by atoms with E-state index in [4.69, 9.17) is 15.3 Å². The van der Waals surface area contributed by atoms with E-state index in [0.717, 1.165) is 12.8 Å². The zero-order valence-corrected chi connectivity index (χ0v) is 15.6. The van der Waals surface area contributed by atoms with Gasteiger partial charge in [-0.15, -0.1) is 19.8 Å². The second-order valence-corrected chi connectivity index (χ2v) is 5.01. The number of hydrogen-bond donors (Lipinski definition) is 0. The van der Waals surface area contributed by atoms with E-state index in [1.165, 1.54) is 4.73 Å². The summed E-state index contributed by atoms with van der Waals surface area (Å²) in [6.07, 6.45) is 15.8. The van der Waals surface area contributed by atoms with Gasteiger partial charge in [-0.05, 0) is 0 Å². The molecule has 0 aliphatic heterocycles. The first kappa shape index (κ1) is 23.8. The standard InChI is InChI=1S/C12H13.3C2H5O.Ti/c1-10(11-6-2-3-7-11)12-8-4-5-9-12;3*1-2-3;/h2-6,8,10H,1,7,9H2;3*2H2,1H3;/q;3*-1;+3. The van der Waals surface area contributed by atoms with Crippen molar-refractivity contribution in [2.45, 2.75) is 38.3 Å². The Morgan fingerprint density at radius 1 is 0.864 bits per heavy atom. The third kappa shape index (κ3) is 12.1. The molecule has 0 saturated carbocycles. The molecule has 22 heavy (non-hydrogen) atoms. The SMILES string of the molecule is CC[O-].CC[O-].CC[O-].[Ti+3][CH2]C(C1=CC=CC1)C1=CC=CC1. The van der Waals surface area contributed by atoms with Crippen molar-refractivity contribution in [1.29, 1.82) is 0 Å². The Morgan fingerprint density at radius 2 is 1.18 bits per heavy atom. The normalized spacial score (nSPS) is 14.2. The Morgan fingerprint density at radius 3 is 1.36 bits per heavy atom. The van der Waals surface area contributed by atoms with Crippen LogP contribution in [0.25, 0.3) is 0 Å². The molecule has 0 aromatic heterocycles. The molecule has 0 aromatic rings. The summed E-state index contributed by atoms with van der Waals surface area (Å²) >= 11 is 2.28. The van der Waals surface area contributed by atoms with E-state index in [2.05, 4.69) is 56.9 Å². The summed E-state index contributed by atoms with van der Waals surface area (Å²) in [7, 11) is 0. The van der Waals surface area contributed by atoms with Crippen LogP contribution in [-0.2, 0) is 20.4 Å². The zero-order valence-electron chi connectivity index (χ0n) is 14.0. The molecule has 2 aliphatic rings. The molecule has 0 fully saturated rings. The number of rotatable bonds is 3. The Hall–Kier alpha value is -0.446. The molecule has 0 amide bonds.